The van der Waals surface area contributed by atoms with Crippen molar-refractivity contribution in [1.29, 1.82) is 0 Å². The van der Waals surface area contributed by atoms with E-state index in [-0.39, 0.29) is 5.82 Å². The molecule has 0 saturated carbocycles. The molecule has 0 aliphatic rings. The van der Waals surface area contributed by atoms with E-state index in [0.29, 0.717) is 0 Å². The highest BCUT2D eigenvalue weighted by Crippen LogP contribution is 2.06. The first kappa shape index (κ1) is 12.5. The van der Waals surface area contributed by atoms with Crippen molar-refractivity contribution in [2.75, 3.05) is 24.6 Å². The number of halogens is 1. The normalized spacial score (nSPS) is 10.5. The third kappa shape index (κ3) is 5.19. The maximum Gasteiger partial charge on any atom is 0.126 e. The molecule has 0 atom stereocenters. The van der Waals surface area contributed by atoms with Gasteiger partial charge in [0.25, 0.3) is 0 Å². The standard InChI is InChI=1S/C12H18FNS/c1-2-15-10-9-14-8-7-11-5-3-4-6-12(11)13/h3-6,14H,2,7-10H2,1H3. The van der Waals surface area contributed by atoms with E-state index >= 15 is 0 Å². The smallest absolute Gasteiger partial charge is 0.126 e. The van der Waals surface area contributed by atoms with Gasteiger partial charge in [-0.3, -0.25) is 0 Å². The summed E-state index contributed by atoms with van der Waals surface area (Å²) < 4.78 is 13.2. The second kappa shape index (κ2) is 7.71. The monoisotopic (exact) mass is 227 g/mol. The first-order valence-corrected chi connectivity index (χ1v) is 6.52. The predicted molar refractivity (Wildman–Crippen MR) is 66.0 cm³/mol. The predicted octanol–water partition coefficient (Wildman–Crippen LogP) is 2.71. The number of benzene rings is 1. The van der Waals surface area contributed by atoms with Gasteiger partial charge in [-0.15, -0.1) is 0 Å². The van der Waals surface area contributed by atoms with Gasteiger partial charge < -0.3 is 5.32 Å². The second-order valence-corrected chi connectivity index (χ2v) is 4.68. The Bertz CT molecular complexity index is 278. The van der Waals surface area contributed by atoms with Gasteiger partial charge in [0, 0.05) is 12.3 Å². The summed E-state index contributed by atoms with van der Waals surface area (Å²) in [5.74, 6) is 2.20. The summed E-state index contributed by atoms with van der Waals surface area (Å²) in [5.41, 5.74) is 0.799. The van der Waals surface area contributed by atoms with Crippen LogP contribution in [0.4, 0.5) is 4.39 Å². The Kier molecular flexibility index (Phi) is 6.44. The van der Waals surface area contributed by atoms with Gasteiger partial charge in [-0.2, -0.15) is 11.8 Å². The van der Waals surface area contributed by atoms with E-state index in [0.717, 1.165) is 36.6 Å². The fourth-order valence-electron chi connectivity index (χ4n) is 1.34. The molecule has 0 radical (unpaired) electrons. The lowest BCUT2D eigenvalue weighted by Crippen LogP contribution is -2.20. The molecule has 1 nitrogen and oxygen atoms in total. The Morgan fingerprint density at radius 1 is 1.27 bits per heavy atom. The van der Waals surface area contributed by atoms with Crippen LogP contribution in [0.3, 0.4) is 0 Å². The highest BCUT2D eigenvalue weighted by Gasteiger charge is 1.98. The Labute approximate surface area is 95.5 Å². The number of thioether (sulfide) groups is 1. The van der Waals surface area contributed by atoms with Crippen molar-refractivity contribution in [2.24, 2.45) is 0 Å². The highest BCUT2D eigenvalue weighted by molar-refractivity contribution is 7.99. The molecule has 0 aliphatic heterocycles. The molecule has 0 amide bonds. The summed E-state index contributed by atoms with van der Waals surface area (Å²) in [4.78, 5) is 0. The van der Waals surface area contributed by atoms with Gasteiger partial charge in [0.15, 0.2) is 0 Å². The zero-order valence-corrected chi connectivity index (χ0v) is 9.95. The molecule has 1 aromatic carbocycles. The van der Waals surface area contributed by atoms with Crippen LogP contribution in [-0.2, 0) is 6.42 Å². The molecule has 1 rings (SSSR count). The third-order valence-electron chi connectivity index (χ3n) is 2.16. The van der Waals surface area contributed by atoms with Gasteiger partial charge in [0.05, 0.1) is 0 Å². The molecular weight excluding hydrogens is 209 g/mol. The molecule has 3 heteroatoms. The van der Waals surface area contributed by atoms with E-state index in [1.54, 1.807) is 6.07 Å². The van der Waals surface area contributed by atoms with Gasteiger partial charge in [-0.05, 0) is 30.3 Å². The number of hydrogen-bond acceptors (Lipinski definition) is 2. The summed E-state index contributed by atoms with van der Waals surface area (Å²) in [6.07, 6.45) is 0.767. The molecule has 1 N–H and O–H groups in total. The zero-order valence-electron chi connectivity index (χ0n) is 9.13. The van der Waals surface area contributed by atoms with Crippen molar-refractivity contribution < 1.29 is 4.39 Å². The summed E-state index contributed by atoms with van der Waals surface area (Å²) in [6.45, 7) is 4.02. The summed E-state index contributed by atoms with van der Waals surface area (Å²) in [7, 11) is 0. The molecule has 1 aromatic rings. The SMILES string of the molecule is CCSCCNCCc1ccccc1F. The van der Waals surface area contributed by atoms with Crippen LogP contribution < -0.4 is 5.32 Å². The first-order valence-electron chi connectivity index (χ1n) is 5.36. The minimum atomic E-state index is -0.0952. The van der Waals surface area contributed by atoms with E-state index in [2.05, 4.69) is 12.2 Å². The number of rotatable bonds is 7. The van der Waals surface area contributed by atoms with Crippen LogP contribution in [0.15, 0.2) is 24.3 Å². The van der Waals surface area contributed by atoms with Crippen molar-refractivity contribution in [3.8, 4) is 0 Å². The molecule has 0 aliphatic carbocycles. The van der Waals surface area contributed by atoms with E-state index < -0.39 is 0 Å². The minimum Gasteiger partial charge on any atom is -0.316 e. The van der Waals surface area contributed by atoms with E-state index in [9.17, 15) is 4.39 Å². The summed E-state index contributed by atoms with van der Waals surface area (Å²) >= 11 is 1.92. The topological polar surface area (TPSA) is 12.0 Å². The highest BCUT2D eigenvalue weighted by atomic mass is 32.2. The maximum absolute atomic E-state index is 13.2. The third-order valence-corrected chi connectivity index (χ3v) is 3.06. The van der Waals surface area contributed by atoms with Crippen LogP contribution in [0, 0.1) is 5.82 Å². The van der Waals surface area contributed by atoms with Gasteiger partial charge in [0.1, 0.15) is 5.82 Å². The fourth-order valence-corrected chi connectivity index (χ4v) is 1.92. The van der Waals surface area contributed by atoms with Gasteiger partial charge >= 0.3 is 0 Å². The lowest BCUT2D eigenvalue weighted by atomic mass is 10.1. The molecule has 0 saturated heterocycles. The van der Waals surface area contributed by atoms with Crippen LogP contribution in [-0.4, -0.2) is 24.6 Å². The maximum atomic E-state index is 13.2. The van der Waals surface area contributed by atoms with Crippen molar-refractivity contribution in [3.63, 3.8) is 0 Å². The molecule has 15 heavy (non-hydrogen) atoms. The first-order chi connectivity index (χ1) is 7.34. The second-order valence-electron chi connectivity index (χ2n) is 3.29. The Morgan fingerprint density at radius 2 is 2.07 bits per heavy atom. The Hall–Kier alpha value is -0.540. The molecule has 0 bridgehead atoms. The van der Waals surface area contributed by atoms with Gasteiger partial charge in [0.2, 0.25) is 0 Å². The van der Waals surface area contributed by atoms with E-state index in [1.165, 1.54) is 6.07 Å². The largest absolute Gasteiger partial charge is 0.316 e. The molecule has 0 spiro atoms. The van der Waals surface area contributed by atoms with Crippen molar-refractivity contribution >= 4 is 11.8 Å². The molecule has 0 aromatic heterocycles. The van der Waals surface area contributed by atoms with Gasteiger partial charge in [-0.1, -0.05) is 25.1 Å². The lowest BCUT2D eigenvalue weighted by Gasteiger charge is -2.05. The van der Waals surface area contributed by atoms with Crippen LogP contribution >= 0.6 is 11.8 Å². The summed E-state index contributed by atoms with van der Waals surface area (Å²) in [6, 6.07) is 6.97. The molecule has 0 unspecified atom stereocenters. The van der Waals surface area contributed by atoms with Gasteiger partial charge in [-0.25, -0.2) is 4.39 Å². The quantitative estimate of drug-likeness (QED) is 0.719. The molecule has 0 fully saturated rings. The molecule has 84 valence electrons. The number of hydrogen-bond donors (Lipinski definition) is 1. The Balaban J connectivity index is 2.12. The number of nitrogens with one attached hydrogen (secondary N) is 1. The molecule has 0 heterocycles. The van der Waals surface area contributed by atoms with Crippen molar-refractivity contribution in [1.82, 2.24) is 5.32 Å². The van der Waals surface area contributed by atoms with Crippen LogP contribution in [0.1, 0.15) is 12.5 Å². The average molecular weight is 227 g/mol. The van der Waals surface area contributed by atoms with Crippen LogP contribution in [0.25, 0.3) is 0 Å². The van der Waals surface area contributed by atoms with E-state index in [1.807, 2.05) is 23.9 Å². The molecular formula is C12H18FNS. The van der Waals surface area contributed by atoms with Crippen LogP contribution in [0.2, 0.25) is 0 Å². The van der Waals surface area contributed by atoms with E-state index in [4.69, 9.17) is 0 Å². The average Bonchev–Trinajstić information content (AvgIpc) is 2.25. The minimum absolute atomic E-state index is 0.0952. The lowest BCUT2D eigenvalue weighted by molar-refractivity contribution is 0.601. The fraction of sp³-hybridized carbons (Fsp3) is 0.500. The van der Waals surface area contributed by atoms with Crippen LogP contribution in [0.5, 0.6) is 0 Å². The van der Waals surface area contributed by atoms with Crippen molar-refractivity contribution in [3.05, 3.63) is 35.6 Å². The van der Waals surface area contributed by atoms with Crippen molar-refractivity contribution in [2.45, 2.75) is 13.3 Å². The zero-order chi connectivity index (χ0) is 10.9. The summed E-state index contributed by atoms with van der Waals surface area (Å²) in [5, 5.41) is 3.31. The Morgan fingerprint density at radius 3 is 2.80 bits per heavy atom.